The molecule has 0 spiro atoms. The number of aryl methyl sites for hydroxylation is 1. The van der Waals surface area contributed by atoms with Gasteiger partial charge in [0.15, 0.2) is 5.82 Å². The lowest BCUT2D eigenvalue weighted by molar-refractivity contribution is 0.593. The molecule has 1 aromatic carbocycles. The Balaban J connectivity index is 2.43. The first kappa shape index (κ1) is 14.3. The summed E-state index contributed by atoms with van der Waals surface area (Å²) in [5.41, 5.74) is 5.99. The molecule has 0 aliphatic rings. The first-order valence-corrected chi connectivity index (χ1v) is 7.37. The van der Waals surface area contributed by atoms with Crippen LogP contribution < -0.4 is 10.0 Å². The van der Waals surface area contributed by atoms with Crippen molar-refractivity contribution >= 4 is 21.5 Å². The van der Waals surface area contributed by atoms with Gasteiger partial charge in [-0.3, -0.25) is 8.99 Å². The maximum atomic E-state index is 12.9. The molecule has 0 aliphatic carbocycles. The molecule has 0 fully saturated rings. The fourth-order valence-electron chi connectivity index (χ4n) is 1.72. The maximum absolute atomic E-state index is 12.9. The van der Waals surface area contributed by atoms with Crippen LogP contribution >= 0.6 is 0 Å². The van der Waals surface area contributed by atoms with Gasteiger partial charge < -0.3 is 5.73 Å². The highest BCUT2D eigenvalue weighted by Crippen LogP contribution is 2.25. The van der Waals surface area contributed by atoms with Crippen LogP contribution in [0.15, 0.2) is 35.4 Å². The van der Waals surface area contributed by atoms with Gasteiger partial charge in [-0.25, -0.2) is 12.8 Å². The summed E-state index contributed by atoms with van der Waals surface area (Å²) in [5.74, 6) is -0.487. The number of nitrogens with zero attached hydrogens (tertiary/aromatic N) is 3. The lowest BCUT2D eigenvalue weighted by Crippen LogP contribution is -2.26. The predicted molar refractivity (Wildman–Crippen MR) is 74.3 cm³/mol. The highest BCUT2D eigenvalue weighted by atomic mass is 32.2. The zero-order chi connectivity index (χ0) is 14.9. The van der Waals surface area contributed by atoms with Crippen LogP contribution in [0.3, 0.4) is 0 Å². The van der Waals surface area contributed by atoms with Crippen LogP contribution in [0.5, 0.6) is 0 Å². The summed E-state index contributed by atoms with van der Waals surface area (Å²) < 4.78 is 40.3. The maximum Gasteiger partial charge on any atom is 0.269 e. The van der Waals surface area contributed by atoms with Crippen molar-refractivity contribution in [1.29, 1.82) is 0 Å². The number of aromatic nitrogens is 2. The van der Waals surface area contributed by atoms with E-state index >= 15 is 0 Å². The lowest BCUT2D eigenvalue weighted by atomic mass is 10.3. The second-order valence-corrected chi connectivity index (χ2v) is 6.12. The molecule has 0 atom stereocenters. The van der Waals surface area contributed by atoms with Gasteiger partial charge >= 0.3 is 0 Å². The van der Waals surface area contributed by atoms with Crippen molar-refractivity contribution in [2.75, 3.05) is 17.1 Å². The number of nitrogen functional groups attached to an aromatic ring is 1. The van der Waals surface area contributed by atoms with Crippen molar-refractivity contribution < 1.29 is 12.8 Å². The summed E-state index contributed by atoms with van der Waals surface area (Å²) in [6.45, 7) is 2.34. The summed E-state index contributed by atoms with van der Waals surface area (Å²) in [5, 5.41) is 3.91. The number of benzene rings is 1. The Morgan fingerprint density at radius 2 is 1.95 bits per heavy atom. The second-order valence-electron chi connectivity index (χ2n) is 4.18. The average molecular weight is 298 g/mol. The van der Waals surface area contributed by atoms with Crippen molar-refractivity contribution in [1.82, 2.24) is 9.78 Å². The molecule has 2 rings (SSSR count). The molecule has 0 bridgehead atoms. The van der Waals surface area contributed by atoms with Gasteiger partial charge in [0, 0.05) is 19.8 Å². The third-order valence-corrected chi connectivity index (χ3v) is 4.71. The van der Waals surface area contributed by atoms with Gasteiger partial charge in [-0.05, 0) is 31.2 Å². The summed E-state index contributed by atoms with van der Waals surface area (Å²) in [6.07, 6.45) is 1.38. The quantitative estimate of drug-likeness (QED) is 0.926. The normalized spacial score (nSPS) is 11.6. The minimum Gasteiger partial charge on any atom is -0.381 e. The van der Waals surface area contributed by atoms with Crippen LogP contribution in [0.1, 0.15) is 6.92 Å². The first-order chi connectivity index (χ1) is 9.36. The highest BCUT2D eigenvalue weighted by molar-refractivity contribution is 7.93. The van der Waals surface area contributed by atoms with Crippen molar-refractivity contribution in [3.8, 4) is 0 Å². The molecule has 0 radical (unpaired) electrons. The van der Waals surface area contributed by atoms with Crippen LogP contribution in [-0.4, -0.2) is 25.2 Å². The van der Waals surface area contributed by atoms with Gasteiger partial charge in [-0.1, -0.05) is 0 Å². The van der Waals surface area contributed by atoms with Gasteiger partial charge in [0.05, 0.1) is 5.69 Å². The standard InChI is InChI=1S/C12H15FN4O2S/c1-3-17-8-11(12(14)15-17)20(18,19)16(2)10-6-4-9(13)5-7-10/h4-8H,3H2,1-2H3,(H2,14,15). The van der Waals surface area contributed by atoms with E-state index in [4.69, 9.17) is 5.73 Å². The number of halogens is 1. The van der Waals surface area contributed by atoms with Gasteiger partial charge in [-0.2, -0.15) is 5.10 Å². The topological polar surface area (TPSA) is 81.2 Å². The van der Waals surface area contributed by atoms with E-state index in [9.17, 15) is 12.8 Å². The Kier molecular flexibility index (Phi) is 3.67. The monoisotopic (exact) mass is 298 g/mol. The number of anilines is 2. The summed E-state index contributed by atoms with van der Waals surface area (Å²) in [4.78, 5) is -0.0637. The van der Waals surface area contributed by atoms with E-state index in [1.165, 1.54) is 42.2 Å². The van der Waals surface area contributed by atoms with E-state index in [0.29, 0.717) is 12.2 Å². The number of sulfonamides is 1. The van der Waals surface area contributed by atoms with E-state index in [1.807, 2.05) is 6.92 Å². The Labute approximate surface area is 116 Å². The van der Waals surface area contributed by atoms with Crippen molar-refractivity contribution in [2.45, 2.75) is 18.4 Å². The molecule has 6 nitrogen and oxygen atoms in total. The number of hydrogen-bond donors (Lipinski definition) is 1. The van der Waals surface area contributed by atoms with Gasteiger partial charge in [0.2, 0.25) is 0 Å². The summed E-state index contributed by atoms with van der Waals surface area (Å²) in [6, 6.07) is 5.15. The first-order valence-electron chi connectivity index (χ1n) is 5.93. The number of rotatable bonds is 4. The highest BCUT2D eigenvalue weighted by Gasteiger charge is 2.26. The predicted octanol–water partition coefficient (Wildman–Crippen LogP) is 1.45. The van der Waals surface area contributed by atoms with Crippen LogP contribution in [0.2, 0.25) is 0 Å². The van der Waals surface area contributed by atoms with Crippen molar-refractivity contribution in [3.05, 3.63) is 36.3 Å². The fraction of sp³-hybridized carbons (Fsp3) is 0.250. The molecule has 1 aromatic heterocycles. The largest absolute Gasteiger partial charge is 0.381 e. The van der Waals surface area contributed by atoms with E-state index < -0.39 is 15.8 Å². The average Bonchev–Trinajstić information content (AvgIpc) is 2.81. The van der Waals surface area contributed by atoms with Crippen LogP contribution in [0.25, 0.3) is 0 Å². The number of nitrogens with two attached hydrogens (primary N) is 1. The van der Waals surface area contributed by atoms with E-state index in [2.05, 4.69) is 5.10 Å². The lowest BCUT2D eigenvalue weighted by Gasteiger charge is -2.18. The molecule has 2 N–H and O–H groups in total. The van der Waals surface area contributed by atoms with Crippen LogP contribution in [0, 0.1) is 5.82 Å². The fourth-order valence-corrected chi connectivity index (χ4v) is 2.97. The SMILES string of the molecule is CCn1cc(S(=O)(=O)N(C)c2ccc(F)cc2)c(N)n1. The van der Waals surface area contributed by atoms with E-state index in [1.54, 1.807) is 0 Å². The van der Waals surface area contributed by atoms with Gasteiger partial charge in [0.25, 0.3) is 10.0 Å². The molecule has 8 heteroatoms. The molecule has 20 heavy (non-hydrogen) atoms. The van der Waals surface area contributed by atoms with Crippen LogP contribution in [0.4, 0.5) is 15.9 Å². The molecule has 108 valence electrons. The third-order valence-electron chi connectivity index (χ3n) is 2.91. The minimum atomic E-state index is -3.82. The minimum absolute atomic E-state index is 0.0548. The Hall–Kier alpha value is -2.09. The third kappa shape index (κ3) is 2.46. The zero-order valence-electron chi connectivity index (χ0n) is 11.1. The molecule has 0 amide bonds. The van der Waals surface area contributed by atoms with Crippen molar-refractivity contribution in [2.24, 2.45) is 0 Å². The van der Waals surface area contributed by atoms with Gasteiger partial charge in [0.1, 0.15) is 10.7 Å². The van der Waals surface area contributed by atoms with E-state index in [0.717, 1.165) is 4.31 Å². The zero-order valence-corrected chi connectivity index (χ0v) is 11.9. The molecular formula is C12H15FN4O2S. The second kappa shape index (κ2) is 5.12. The summed E-state index contributed by atoms with van der Waals surface area (Å²) >= 11 is 0. The molecule has 0 saturated heterocycles. The molecule has 2 aromatic rings. The summed E-state index contributed by atoms with van der Waals surface area (Å²) in [7, 11) is -2.44. The Morgan fingerprint density at radius 1 is 1.35 bits per heavy atom. The molecule has 0 saturated carbocycles. The Morgan fingerprint density at radius 3 is 2.45 bits per heavy atom. The molecule has 0 aliphatic heterocycles. The molecular weight excluding hydrogens is 283 g/mol. The molecule has 0 unspecified atom stereocenters. The Bertz CT molecular complexity index is 710. The van der Waals surface area contributed by atoms with E-state index in [-0.39, 0.29) is 10.7 Å². The number of hydrogen-bond acceptors (Lipinski definition) is 4. The van der Waals surface area contributed by atoms with Crippen molar-refractivity contribution in [3.63, 3.8) is 0 Å². The van der Waals surface area contributed by atoms with Gasteiger partial charge in [-0.15, -0.1) is 0 Å². The smallest absolute Gasteiger partial charge is 0.269 e. The van der Waals surface area contributed by atoms with Crippen LogP contribution in [-0.2, 0) is 16.6 Å². The molecule has 1 heterocycles.